The quantitative estimate of drug-likeness (QED) is 0.786. The van der Waals surface area contributed by atoms with E-state index < -0.39 is 17.7 Å². The zero-order valence-electron chi connectivity index (χ0n) is 11.7. The first-order chi connectivity index (χ1) is 9.36. The number of halogens is 2. The number of carbonyl (C=O) groups is 2. The van der Waals surface area contributed by atoms with Gasteiger partial charge in [0.05, 0.1) is 12.2 Å². The number of ether oxygens (including phenoxy) is 1. The summed E-state index contributed by atoms with van der Waals surface area (Å²) in [7, 11) is 0. The lowest BCUT2D eigenvalue weighted by atomic mass is 10.1. The molecule has 0 aromatic heterocycles. The molecule has 0 aliphatic carbocycles. The number of hydrogen-bond donors (Lipinski definition) is 0. The van der Waals surface area contributed by atoms with Gasteiger partial charge in [-0.15, -0.1) is 0 Å². The molecule has 0 N–H and O–H groups in total. The molecule has 0 radical (unpaired) electrons. The van der Waals surface area contributed by atoms with Gasteiger partial charge in [0.2, 0.25) is 0 Å². The molecule has 0 atom stereocenters. The topological polar surface area (TPSA) is 46.6 Å². The normalized spacial score (nSPS) is 10.5. The summed E-state index contributed by atoms with van der Waals surface area (Å²) in [5.74, 6) is -1.79. The second-order valence-corrected chi connectivity index (χ2v) is 4.89. The predicted octanol–water partition coefficient (Wildman–Crippen LogP) is 2.89. The molecule has 0 fully saturated rings. The van der Waals surface area contributed by atoms with Crippen LogP contribution in [-0.4, -0.2) is 36.0 Å². The van der Waals surface area contributed by atoms with Crippen LogP contribution < -0.4 is 0 Å². The Balaban J connectivity index is 2.99. The van der Waals surface area contributed by atoms with Gasteiger partial charge in [0.15, 0.2) is 0 Å². The van der Waals surface area contributed by atoms with Crippen molar-refractivity contribution >= 4 is 23.5 Å². The summed E-state index contributed by atoms with van der Waals surface area (Å²) in [6.07, 6.45) is 0. The first-order valence-electron chi connectivity index (χ1n) is 6.28. The molecule has 0 saturated carbocycles. The molecule has 110 valence electrons. The number of rotatable bonds is 5. The zero-order chi connectivity index (χ0) is 15.3. The summed E-state index contributed by atoms with van der Waals surface area (Å²) in [4.78, 5) is 25.1. The van der Waals surface area contributed by atoms with Crippen molar-refractivity contribution in [3.63, 3.8) is 0 Å². The largest absolute Gasteiger partial charge is 0.465 e. The predicted molar refractivity (Wildman–Crippen MR) is 74.2 cm³/mol. The first-order valence-corrected chi connectivity index (χ1v) is 6.66. The Morgan fingerprint density at radius 3 is 2.60 bits per heavy atom. The van der Waals surface area contributed by atoms with E-state index in [9.17, 15) is 14.0 Å². The van der Waals surface area contributed by atoms with Crippen LogP contribution in [-0.2, 0) is 9.53 Å². The van der Waals surface area contributed by atoms with E-state index in [0.717, 1.165) is 6.07 Å². The van der Waals surface area contributed by atoms with Gasteiger partial charge in [0.1, 0.15) is 12.4 Å². The van der Waals surface area contributed by atoms with Crippen molar-refractivity contribution in [3.05, 3.63) is 34.6 Å². The van der Waals surface area contributed by atoms with Gasteiger partial charge in [-0.3, -0.25) is 9.59 Å². The van der Waals surface area contributed by atoms with Gasteiger partial charge in [-0.05, 0) is 39.0 Å². The molecule has 0 aliphatic rings. The van der Waals surface area contributed by atoms with E-state index in [4.69, 9.17) is 16.3 Å². The monoisotopic (exact) mass is 301 g/mol. The molecule has 6 heteroatoms. The van der Waals surface area contributed by atoms with Crippen molar-refractivity contribution < 1.29 is 18.7 Å². The number of carbonyl (C=O) groups excluding carboxylic acids is 2. The van der Waals surface area contributed by atoms with Crippen molar-refractivity contribution in [2.45, 2.75) is 26.8 Å². The molecule has 0 spiro atoms. The molecule has 1 amide bonds. The first kappa shape index (κ1) is 16.4. The van der Waals surface area contributed by atoms with E-state index in [1.165, 1.54) is 17.0 Å². The van der Waals surface area contributed by atoms with Gasteiger partial charge in [0, 0.05) is 11.1 Å². The van der Waals surface area contributed by atoms with Crippen LogP contribution >= 0.6 is 11.6 Å². The summed E-state index contributed by atoms with van der Waals surface area (Å²) in [6, 6.07) is 3.46. The lowest BCUT2D eigenvalue weighted by Crippen LogP contribution is -2.41. The van der Waals surface area contributed by atoms with E-state index in [0.29, 0.717) is 0 Å². The Morgan fingerprint density at radius 2 is 2.05 bits per heavy atom. The molecule has 1 rings (SSSR count). The van der Waals surface area contributed by atoms with Crippen molar-refractivity contribution in [1.82, 2.24) is 4.90 Å². The summed E-state index contributed by atoms with van der Waals surface area (Å²) in [5.41, 5.74) is -0.157. The van der Waals surface area contributed by atoms with Crippen molar-refractivity contribution in [3.8, 4) is 0 Å². The molecule has 0 bridgehead atoms. The fourth-order valence-corrected chi connectivity index (χ4v) is 1.82. The fourth-order valence-electron chi connectivity index (χ4n) is 1.65. The molecule has 1 aromatic carbocycles. The standard InChI is InChI=1S/C14H17ClFNO3/c1-4-20-13(18)8-17(9(2)3)14(19)11-7-10(15)5-6-12(11)16/h5-7,9H,4,8H2,1-3H3. The Hall–Kier alpha value is -1.62. The van der Waals surface area contributed by atoms with Gasteiger partial charge in [0.25, 0.3) is 5.91 Å². The Bertz CT molecular complexity index is 505. The summed E-state index contributed by atoms with van der Waals surface area (Å²) in [5, 5.41) is 0.259. The lowest BCUT2D eigenvalue weighted by molar-refractivity contribution is -0.144. The Kier molecular flexibility index (Phi) is 5.95. The molecule has 1 aromatic rings. The minimum Gasteiger partial charge on any atom is -0.465 e. The van der Waals surface area contributed by atoms with E-state index in [2.05, 4.69) is 0 Å². The average Bonchev–Trinajstić information content (AvgIpc) is 2.38. The highest BCUT2D eigenvalue weighted by atomic mass is 35.5. The van der Waals surface area contributed by atoms with Gasteiger partial charge >= 0.3 is 5.97 Å². The van der Waals surface area contributed by atoms with Gasteiger partial charge in [-0.25, -0.2) is 4.39 Å². The number of nitrogens with zero attached hydrogens (tertiary/aromatic N) is 1. The van der Waals surface area contributed by atoms with Gasteiger partial charge < -0.3 is 9.64 Å². The molecule has 20 heavy (non-hydrogen) atoms. The average molecular weight is 302 g/mol. The summed E-state index contributed by atoms with van der Waals surface area (Å²) >= 11 is 5.77. The third-order valence-electron chi connectivity index (χ3n) is 2.65. The van der Waals surface area contributed by atoms with Crippen LogP contribution in [0.25, 0.3) is 0 Å². The van der Waals surface area contributed by atoms with Crippen LogP contribution in [0.1, 0.15) is 31.1 Å². The number of esters is 1. The molecule has 0 unspecified atom stereocenters. The second-order valence-electron chi connectivity index (χ2n) is 4.46. The third-order valence-corrected chi connectivity index (χ3v) is 2.88. The van der Waals surface area contributed by atoms with Crippen LogP contribution in [0.3, 0.4) is 0 Å². The summed E-state index contributed by atoms with van der Waals surface area (Å²) in [6.45, 7) is 5.15. The molecule has 0 aliphatic heterocycles. The molecule has 0 saturated heterocycles. The van der Waals surface area contributed by atoms with Crippen LogP contribution in [0, 0.1) is 5.82 Å². The van der Waals surface area contributed by atoms with E-state index in [1.54, 1.807) is 20.8 Å². The molecular weight excluding hydrogens is 285 g/mol. The van der Waals surface area contributed by atoms with Crippen LogP contribution in [0.5, 0.6) is 0 Å². The van der Waals surface area contributed by atoms with E-state index >= 15 is 0 Å². The highest BCUT2D eigenvalue weighted by Gasteiger charge is 2.24. The van der Waals surface area contributed by atoms with E-state index in [-0.39, 0.29) is 29.8 Å². The van der Waals surface area contributed by atoms with Crippen molar-refractivity contribution in [1.29, 1.82) is 0 Å². The van der Waals surface area contributed by atoms with Crippen LogP contribution in [0.15, 0.2) is 18.2 Å². The smallest absolute Gasteiger partial charge is 0.325 e. The minimum absolute atomic E-state index is 0.157. The highest BCUT2D eigenvalue weighted by Crippen LogP contribution is 2.18. The van der Waals surface area contributed by atoms with Gasteiger partial charge in [-0.1, -0.05) is 11.6 Å². The number of amides is 1. The Morgan fingerprint density at radius 1 is 1.40 bits per heavy atom. The van der Waals surface area contributed by atoms with Crippen molar-refractivity contribution in [2.24, 2.45) is 0 Å². The van der Waals surface area contributed by atoms with Crippen LogP contribution in [0.2, 0.25) is 5.02 Å². The SMILES string of the molecule is CCOC(=O)CN(C(=O)c1cc(Cl)ccc1F)C(C)C. The molecule has 0 heterocycles. The third kappa shape index (κ3) is 4.20. The second kappa shape index (κ2) is 7.24. The number of hydrogen-bond acceptors (Lipinski definition) is 3. The van der Waals surface area contributed by atoms with Gasteiger partial charge in [-0.2, -0.15) is 0 Å². The Labute approximate surface area is 122 Å². The minimum atomic E-state index is -0.672. The van der Waals surface area contributed by atoms with Crippen LogP contribution in [0.4, 0.5) is 4.39 Å². The zero-order valence-corrected chi connectivity index (χ0v) is 12.4. The maximum atomic E-state index is 13.7. The van der Waals surface area contributed by atoms with E-state index in [1.807, 2.05) is 0 Å². The van der Waals surface area contributed by atoms with Crippen molar-refractivity contribution in [2.75, 3.05) is 13.2 Å². The molecular formula is C14H17ClFNO3. The number of benzene rings is 1. The maximum Gasteiger partial charge on any atom is 0.325 e. The fraction of sp³-hybridized carbons (Fsp3) is 0.429. The maximum absolute atomic E-state index is 13.7. The molecule has 4 nitrogen and oxygen atoms in total. The highest BCUT2D eigenvalue weighted by molar-refractivity contribution is 6.31. The summed E-state index contributed by atoms with van der Waals surface area (Å²) < 4.78 is 18.5. The lowest BCUT2D eigenvalue weighted by Gasteiger charge is -2.26.